The molecule has 1 aliphatic rings. The molecule has 0 saturated heterocycles. The molecule has 0 spiro atoms. The lowest BCUT2D eigenvalue weighted by atomic mass is 10.0. The van der Waals surface area contributed by atoms with Gasteiger partial charge in [0, 0.05) is 21.0 Å². The van der Waals surface area contributed by atoms with Gasteiger partial charge in [-0.05, 0) is 47.7 Å². The lowest BCUT2D eigenvalue weighted by molar-refractivity contribution is 0.317. The highest BCUT2D eigenvalue weighted by Crippen LogP contribution is 2.51. The average molecular weight is 341 g/mol. The number of nitrogens with zero attached hydrogens (tertiary/aromatic N) is 1. The van der Waals surface area contributed by atoms with Crippen molar-refractivity contribution in [3.8, 4) is 0 Å². The van der Waals surface area contributed by atoms with Crippen molar-refractivity contribution in [3.05, 3.63) is 68.7 Å². The van der Waals surface area contributed by atoms with Crippen molar-refractivity contribution in [1.82, 2.24) is 0 Å². The average Bonchev–Trinajstić information content (AvgIpc) is 3.22. The first-order valence-corrected chi connectivity index (χ1v) is 7.66. The molecule has 0 radical (unpaired) electrons. The molecule has 108 valence electrons. The summed E-state index contributed by atoms with van der Waals surface area (Å²) < 4.78 is 0. The Hall–Kier alpha value is -1.22. The van der Waals surface area contributed by atoms with E-state index in [4.69, 9.17) is 34.8 Å². The summed E-state index contributed by atoms with van der Waals surface area (Å²) in [5.41, 5.74) is 2.59. The molecule has 2 aromatic carbocycles. The second-order valence-electron chi connectivity index (χ2n) is 5.11. The van der Waals surface area contributed by atoms with Gasteiger partial charge < -0.3 is 5.21 Å². The fourth-order valence-corrected chi connectivity index (χ4v) is 3.28. The Morgan fingerprint density at radius 3 is 2.29 bits per heavy atom. The van der Waals surface area contributed by atoms with Crippen molar-refractivity contribution < 1.29 is 5.21 Å². The first-order chi connectivity index (χ1) is 10.1. The minimum absolute atomic E-state index is 0.162. The molecular weight excluding hydrogens is 329 g/mol. The second-order valence-corrected chi connectivity index (χ2v) is 6.39. The normalized spacial score (nSPS) is 21.4. The predicted octanol–water partition coefficient (Wildman–Crippen LogP) is 5.63. The van der Waals surface area contributed by atoms with E-state index in [0.29, 0.717) is 20.8 Å². The zero-order chi connectivity index (χ0) is 15.0. The molecule has 0 amide bonds. The van der Waals surface area contributed by atoms with Crippen LogP contribution in [-0.2, 0) is 0 Å². The van der Waals surface area contributed by atoms with E-state index in [0.717, 1.165) is 17.5 Å². The predicted molar refractivity (Wildman–Crippen MR) is 87.1 cm³/mol. The van der Waals surface area contributed by atoms with Gasteiger partial charge in [0.1, 0.15) is 0 Å². The van der Waals surface area contributed by atoms with Crippen molar-refractivity contribution >= 4 is 40.5 Å². The van der Waals surface area contributed by atoms with Crippen LogP contribution in [0.2, 0.25) is 15.1 Å². The first kappa shape index (κ1) is 14.7. The maximum Gasteiger partial charge on any atom is 0.0904 e. The molecule has 1 fully saturated rings. The number of hydrogen-bond donors (Lipinski definition) is 1. The molecule has 1 N–H and O–H groups in total. The fraction of sp³-hybridized carbons (Fsp3) is 0.188. The SMILES string of the molecule is ON=C(c1ccc(Cl)cc1)[C@@H]1C[C@@H]1c1ccc(Cl)cc1Cl. The van der Waals surface area contributed by atoms with Crippen LogP contribution < -0.4 is 0 Å². The summed E-state index contributed by atoms with van der Waals surface area (Å²) in [6.45, 7) is 0. The minimum Gasteiger partial charge on any atom is -0.411 e. The Kier molecular flexibility index (Phi) is 4.12. The standard InChI is InChI=1S/C16H12Cl3NO/c17-10-3-1-9(2-4-10)16(20-21)14-8-13(14)12-6-5-11(18)7-15(12)19/h1-7,13-14,21H,8H2/t13-,14-/m1/s1. The summed E-state index contributed by atoms with van der Waals surface area (Å²) in [6.07, 6.45) is 0.906. The van der Waals surface area contributed by atoms with Crippen LogP contribution in [0.15, 0.2) is 47.6 Å². The van der Waals surface area contributed by atoms with Gasteiger partial charge in [-0.2, -0.15) is 0 Å². The smallest absolute Gasteiger partial charge is 0.0904 e. The van der Waals surface area contributed by atoms with Crippen molar-refractivity contribution in [2.24, 2.45) is 11.1 Å². The van der Waals surface area contributed by atoms with Gasteiger partial charge in [0.25, 0.3) is 0 Å². The molecule has 2 atom stereocenters. The monoisotopic (exact) mass is 339 g/mol. The third-order valence-corrected chi connectivity index (χ3v) is 4.57. The summed E-state index contributed by atoms with van der Waals surface area (Å²) in [6, 6.07) is 12.8. The fourth-order valence-electron chi connectivity index (χ4n) is 2.61. The lowest BCUT2D eigenvalue weighted by Gasteiger charge is -2.06. The molecule has 21 heavy (non-hydrogen) atoms. The summed E-state index contributed by atoms with van der Waals surface area (Å²) >= 11 is 18.0. The Labute approximate surface area is 137 Å². The molecule has 0 heterocycles. The van der Waals surface area contributed by atoms with E-state index < -0.39 is 0 Å². The summed E-state index contributed by atoms with van der Waals surface area (Å²) in [4.78, 5) is 0. The topological polar surface area (TPSA) is 32.6 Å². The quantitative estimate of drug-likeness (QED) is 0.438. The molecule has 0 aromatic heterocycles. The van der Waals surface area contributed by atoms with E-state index in [2.05, 4.69) is 5.16 Å². The molecule has 0 aliphatic heterocycles. The van der Waals surface area contributed by atoms with Crippen LogP contribution in [0, 0.1) is 5.92 Å². The van der Waals surface area contributed by atoms with Crippen LogP contribution in [0.1, 0.15) is 23.5 Å². The Bertz CT molecular complexity index is 697. The molecule has 0 bridgehead atoms. The van der Waals surface area contributed by atoms with Gasteiger partial charge >= 0.3 is 0 Å². The zero-order valence-electron chi connectivity index (χ0n) is 10.9. The molecule has 1 aliphatic carbocycles. The Morgan fingerprint density at radius 2 is 1.67 bits per heavy atom. The van der Waals surface area contributed by atoms with Gasteiger partial charge in [-0.1, -0.05) is 58.2 Å². The number of rotatable bonds is 3. The largest absolute Gasteiger partial charge is 0.411 e. The van der Waals surface area contributed by atoms with Gasteiger partial charge in [0.05, 0.1) is 5.71 Å². The van der Waals surface area contributed by atoms with Crippen molar-refractivity contribution in [3.63, 3.8) is 0 Å². The molecule has 0 unspecified atom stereocenters. The van der Waals surface area contributed by atoms with Gasteiger partial charge in [0.2, 0.25) is 0 Å². The lowest BCUT2D eigenvalue weighted by Crippen LogP contribution is -2.05. The highest BCUT2D eigenvalue weighted by atomic mass is 35.5. The Balaban J connectivity index is 1.84. The van der Waals surface area contributed by atoms with Crippen LogP contribution in [0.3, 0.4) is 0 Å². The van der Waals surface area contributed by atoms with Crippen LogP contribution in [0.25, 0.3) is 0 Å². The van der Waals surface area contributed by atoms with E-state index in [9.17, 15) is 5.21 Å². The molecule has 2 aromatic rings. The van der Waals surface area contributed by atoms with Crippen molar-refractivity contribution in [2.45, 2.75) is 12.3 Å². The van der Waals surface area contributed by atoms with Gasteiger partial charge in [-0.15, -0.1) is 0 Å². The zero-order valence-corrected chi connectivity index (χ0v) is 13.2. The van der Waals surface area contributed by atoms with Crippen LogP contribution in [-0.4, -0.2) is 10.9 Å². The van der Waals surface area contributed by atoms with Gasteiger partial charge in [-0.3, -0.25) is 0 Å². The van der Waals surface area contributed by atoms with Crippen LogP contribution in [0.4, 0.5) is 0 Å². The van der Waals surface area contributed by atoms with Gasteiger partial charge in [-0.25, -0.2) is 0 Å². The number of oxime groups is 1. The highest BCUT2D eigenvalue weighted by Gasteiger charge is 2.43. The van der Waals surface area contributed by atoms with E-state index in [1.807, 2.05) is 24.3 Å². The number of hydrogen-bond acceptors (Lipinski definition) is 2. The molecule has 5 heteroatoms. The van der Waals surface area contributed by atoms with E-state index in [1.165, 1.54) is 0 Å². The van der Waals surface area contributed by atoms with E-state index in [-0.39, 0.29) is 11.8 Å². The molecular formula is C16H12Cl3NO. The van der Waals surface area contributed by atoms with Crippen molar-refractivity contribution in [1.29, 1.82) is 0 Å². The van der Waals surface area contributed by atoms with Crippen molar-refractivity contribution in [2.75, 3.05) is 0 Å². The second kappa shape index (κ2) is 5.88. The maximum atomic E-state index is 9.34. The number of halogens is 3. The minimum atomic E-state index is 0.162. The third kappa shape index (κ3) is 3.03. The van der Waals surface area contributed by atoms with Crippen LogP contribution >= 0.6 is 34.8 Å². The first-order valence-electron chi connectivity index (χ1n) is 6.53. The molecule has 1 saturated carbocycles. The van der Waals surface area contributed by atoms with E-state index in [1.54, 1.807) is 18.2 Å². The van der Waals surface area contributed by atoms with Gasteiger partial charge in [0.15, 0.2) is 0 Å². The van der Waals surface area contributed by atoms with Crippen LogP contribution in [0.5, 0.6) is 0 Å². The summed E-state index contributed by atoms with van der Waals surface area (Å²) in [5, 5.41) is 14.7. The summed E-state index contributed by atoms with van der Waals surface area (Å²) in [5.74, 6) is 0.422. The number of benzene rings is 2. The molecule has 3 rings (SSSR count). The third-order valence-electron chi connectivity index (χ3n) is 3.75. The summed E-state index contributed by atoms with van der Waals surface area (Å²) in [7, 11) is 0. The maximum absolute atomic E-state index is 9.34. The van der Waals surface area contributed by atoms with E-state index >= 15 is 0 Å². The molecule has 2 nitrogen and oxygen atoms in total. The Morgan fingerprint density at radius 1 is 1.00 bits per heavy atom. The highest BCUT2D eigenvalue weighted by molar-refractivity contribution is 6.35.